The zero-order valence-corrected chi connectivity index (χ0v) is 12.2. The Labute approximate surface area is 121 Å². The minimum atomic E-state index is 0.0437. The average molecular weight is 285 g/mol. The number of carbonyl (C=O) groups is 1. The number of hydrogen-bond acceptors (Lipinski definition) is 3. The Morgan fingerprint density at radius 3 is 2.85 bits per heavy atom. The van der Waals surface area contributed by atoms with Crippen LogP contribution in [0.15, 0.2) is 35.2 Å². The van der Waals surface area contributed by atoms with Crippen LogP contribution in [0.1, 0.15) is 28.4 Å². The monoisotopic (exact) mass is 285 g/mol. The van der Waals surface area contributed by atoms with Crippen molar-refractivity contribution in [1.29, 1.82) is 0 Å². The van der Waals surface area contributed by atoms with Crippen molar-refractivity contribution >= 4 is 28.0 Å². The van der Waals surface area contributed by atoms with Crippen molar-refractivity contribution in [2.45, 2.75) is 13.8 Å². The summed E-state index contributed by atoms with van der Waals surface area (Å²) in [6, 6.07) is 5.78. The maximum absolute atomic E-state index is 12.7. The van der Waals surface area contributed by atoms with E-state index in [0.29, 0.717) is 12.2 Å². The molecule has 0 fully saturated rings. The quantitative estimate of drug-likeness (QED) is 0.731. The van der Waals surface area contributed by atoms with E-state index in [4.69, 9.17) is 4.74 Å². The Morgan fingerprint density at radius 2 is 2.15 bits per heavy atom. The van der Waals surface area contributed by atoms with Crippen molar-refractivity contribution in [3.8, 4) is 5.75 Å². The second-order valence-corrected chi connectivity index (χ2v) is 5.36. The van der Waals surface area contributed by atoms with E-state index >= 15 is 0 Å². The van der Waals surface area contributed by atoms with Crippen LogP contribution in [-0.2, 0) is 0 Å². The third kappa shape index (κ3) is 2.02. The number of benzene rings is 1. The number of ketones is 1. The van der Waals surface area contributed by atoms with E-state index in [0.717, 1.165) is 27.8 Å². The summed E-state index contributed by atoms with van der Waals surface area (Å²) >= 11 is 1.55. The normalized spacial score (nSPS) is 10.9. The number of aromatic amines is 1. The fourth-order valence-electron chi connectivity index (χ4n) is 2.34. The molecule has 2 aromatic heterocycles. The van der Waals surface area contributed by atoms with E-state index in [9.17, 15) is 4.79 Å². The second kappa shape index (κ2) is 5.13. The lowest BCUT2D eigenvalue weighted by atomic mass is 10.0. The number of fused-ring (bicyclic) bond motifs is 1. The molecule has 0 amide bonds. The van der Waals surface area contributed by atoms with Gasteiger partial charge in [-0.1, -0.05) is 6.07 Å². The number of rotatable bonds is 4. The van der Waals surface area contributed by atoms with Crippen LogP contribution in [0.25, 0.3) is 10.9 Å². The van der Waals surface area contributed by atoms with Crippen molar-refractivity contribution in [2.75, 3.05) is 6.61 Å². The highest BCUT2D eigenvalue weighted by Crippen LogP contribution is 2.31. The van der Waals surface area contributed by atoms with Crippen LogP contribution in [0, 0.1) is 6.92 Å². The standard InChI is InChI=1S/C16H15NO2S/c1-3-19-14-6-4-5-13-15(14)11(7-17-13)16(18)12-9-20-8-10(12)2/h4-9,17H,3H2,1-2H3. The van der Waals surface area contributed by atoms with Crippen LogP contribution in [-0.4, -0.2) is 17.4 Å². The van der Waals surface area contributed by atoms with Crippen molar-refractivity contribution in [3.05, 3.63) is 51.8 Å². The Balaban J connectivity index is 2.17. The SMILES string of the molecule is CCOc1cccc2[nH]cc(C(=O)c3cscc3C)c12. The molecule has 0 aliphatic heterocycles. The summed E-state index contributed by atoms with van der Waals surface area (Å²) in [6.45, 7) is 4.48. The van der Waals surface area contributed by atoms with Crippen molar-refractivity contribution in [2.24, 2.45) is 0 Å². The maximum atomic E-state index is 12.7. The van der Waals surface area contributed by atoms with Gasteiger partial charge in [0.15, 0.2) is 5.78 Å². The molecule has 20 heavy (non-hydrogen) atoms. The van der Waals surface area contributed by atoms with Crippen LogP contribution in [0.3, 0.4) is 0 Å². The highest BCUT2D eigenvalue weighted by atomic mass is 32.1. The number of H-pyrrole nitrogens is 1. The third-order valence-electron chi connectivity index (χ3n) is 3.31. The number of hydrogen-bond donors (Lipinski definition) is 1. The summed E-state index contributed by atoms with van der Waals surface area (Å²) in [7, 11) is 0. The molecule has 0 atom stereocenters. The molecule has 0 radical (unpaired) electrons. The van der Waals surface area contributed by atoms with E-state index in [1.807, 2.05) is 42.8 Å². The Bertz CT molecular complexity index is 770. The number of aryl methyl sites for hydroxylation is 1. The molecule has 0 saturated heterocycles. The predicted octanol–water partition coefficient (Wildman–Crippen LogP) is 4.17. The molecule has 4 heteroatoms. The first-order valence-electron chi connectivity index (χ1n) is 6.52. The molecule has 3 rings (SSSR count). The highest BCUT2D eigenvalue weighted by molar-refractivity contribution is 7.08. The molecule has 3 aromatic rings. The summed E-state index contributed by atoms with van der Waals surface area (Å²) in [5, 5.41) is 4.76. The molecule has 0 bridgehead atoms. The van der Waals surface area contributed by atoms with Crippen molar-refractivity contribution in [3.63, 3.8) is 0 Å². The lowest BCUT2D eigenvalue weighted by Crippen LogP contribution is -2.01. The Morgan fingerprint density at radius 1 is 1.30 bits per heavy atom. The molecule has 1 aromatic carbocycles. The molecule has 0 saturated carbocycles. The van der Waals surface area contributed by atoms with E-state index in [-0.39, 0.29) is 5.78 Å². The first kappa shape index (κ1) is 12.9. The minimum Gasteiger partial charge on any atom is -0.493 e. The average Bonchev–Trinajstić information content (AvgIpc) is 3.05. The molecular formula is C16H15NO2S. The summed E-state index contributed by atoms with van der Waals surface area (Å²) in [6.07, 6.45) is 1.77. The zero-order valence-electron chi connectivity index (χ0n) is 11.4. The second-order valence-electron chi connectivity index (χ2n) is 4.61. The van der Waals surface area contributed by atoms with E-state index in [1.165, 1.54) is 0 Å². The van der Waals surface area contributed by atoms with Gasteiger partial charge >= 0.3 is 0 Å². The fraction of sp³-hybridized carbons (Fsp3) is 0.188. The predicted molar refractivity (Wildman–Crippen MR) is 82.0 cm³/mol. The van der Waals surface area contributed by atoms with Gasteiger partial charge in [-0.25, -0.2) is 0 Å². The van der Waals surface area contributed by atoms with Gasteiger partial charge in [0.25, 0.3) is 0 Å². The number of thiophene rings is 1. The highest BCUT2D eigenvalue weighted by Gasteiger charge is 2.19. The summed E-state index contributed by atoms with van der Waals surface area (Å²) in [4.78, 5) is 15.8. The van der Waals surface area contributed by atoms with Crippen LogP contribution in [0.5, 0.6) is 5.75 Å². The zero-order chi connectivity index (χ0) is 14.1. The Hall–Kier alpha value is -2.07. The van der Waals surface area contributed by atoms with Gasteiger partial charge in [-0.15, -0.1) is 0 Å². The molecule has 0 aliphatic rings. The molecule has 0 spiro atoms. The number of ether oxygens (including phenoxy) is 1. The third-order valence-corrected chi connectivity index (χ3v) is 4.17. The van der Waals surface area contributed by atoms with Crippen LogP contribution >= 0.6 is 11.3 Å². The summed E-state index contributed by atoms with van der Waals surface area (Å²) < 4.78 is 5.65. The van der Waals surface area contributed by atoms with Gasteiger partial charge in [0.2, 0.25) is 0 Å². The van der Waals surface area contributed by atoms with E-state index in [1.54, 1.807) is 17.5 Å². The lowest BCUT2D eigenvalue weighted by Gasteiger charge is -2.06. The van der Waals surface area contributed by atoms with Gasteiger partial charge in [-0.2, -0.15) is 11.3 Å². The molecule has 0 unspecified atom stereocenters. The van der Waals surface area contributed by atoms with E-state index in [2.05, 4.69) is 4.98 Å². The van der Waals surface area contributed by atoms with Crippen LogP contribution in [0.4, 0.5) is 0 Å². The lowest BCUT2D eigenvalue weighted by molar-refractivity contribution is 0.104. The molecule has 102 valence electrons. The summed E-state index contributed by atoms with van der Waals surface area (Å²) in [5.41, 5.74) is 3.38. The smallest absolute Gasteiger partial charge is 0.196 e. The van der Waals surface area contributed by atoms with Crippen molar-refractivity contribution < 1.29 is 9.53 Å². The van der Waals surface area contributed by atoms with Crippen LogP contribution in [0.2, 0.25) is 0 Å². The summed E-state index contributed by atoms with van der Waals surface area (Å²) in [5.74, 6) is 0.796. The van der Waals surface area contributed by atoms with Crippen LogP contribution < -0.4 is 4.74 Å². The van der Waals surface area contributed by atoms with Gasteiger partial charge in [0.1, 0.15) is 5.75 Å². The number of carbonyl (C=O) groups excluding carboxylic acids is 1. The molecule has 1 N–H and O–H groups in total. The van der Waals surface area contributed by atoms with Gasteiger partial charge < -0.3 is 9.72 Å². The van der Waals surface area contributed by atoms with E-state index < -0.39 is 0 Å². The van der Waals surface area contributed by atoms with Gasteiger partial charge in [0.05, 0.1) is 17.6 Å². The van der Waals surface area contributed by atoms with Gasteiger partial charge in [0, 0.05) is 22.7 Å². The van der Waals surface area contributed by atoms with Gasteiger partial charge in [-0.3, -0.25) is 4.79 Å². The molecular weight excluding hydrogens is 270 g/mol. The largest absolute Gasteiger partial charge is 0.493 e. The fourth-order valence-corrected chi connectivity index (χ4v) is 3.17. The first-order chi connectivity index (χ1) is 9.72. The minimum absolute atomic E-state index is 0.0437. The number of aromatic nitrogens is 1. The first-order valence-corrected chi connectivity index (χ1v) is 7.47. The van der Waals surface area contributed by atoms with Crippen molar-refractivity contribution in [1.82, 2.24) is 4.98 Å². The van der Waals surface area contributed by atoms with Gasteiger partial charge in [-0.05, 0) is 36.9 Å². The topological polar surface area (TPSA) is 42.1 Å². The Kier molecular flexibility index (Phi) is 3.32. The molecule has 0 aliphatic carbocycles. The maximum Gasteiger partial charge on any atom is 0.196 e. The molecule has 2 heterocycles. The number of nitrogens with one attached hydrogen (secondary N) is 1. The molecule has 3 nitrogen and oxygen atoms in total.